The van der Waals surface area contributed by atoms with Gasteiger partial charge in [0.15, 0.2) is 0 Å². The maximum Gasteiger partial charge on any atom is 0.126 e. The standard InChI is InChI=1S/C8H10O.C8H18.C3H6O.2C2H6/c1-7-3-2-4-8(5-7)6-9;1-4-5-6-7-8(2)3;1-3(2)4;2*1-2/h2-5,9H,6H2,1H3;8H,4-7H2,1-3H3;1-2H3;2*1-2H3. The van der Waals surface area contributed by atoms with Gasteiger partial charge in [-0.15, -0.1) is 0 Å². The summed E-state index contributed by atoms with van der Waals surface area (Å²) in [5.41, 5.74) is 2.18. The quantitative estimate of drug-likeness (QED) is 0.561. The lowest BCUT2D eigenvalue weighted by Gasteiger charge is -2.00. The zero-order chi connectivity index (χ0) is 20.7. The first-order chi connectivity index (χ1) is 11.8. The van der Waals surface area contributed by atoms with Gasteiger partial charge in [-0.3, -0.25) is 0 Å². The molecule has 0 amide bonds. The molecular formula is C23H46O2. The highest BCUT2D eigenvalue weighted by Gasteiger charge is 1.90. The van der Waals surface area contributed by atoms with Gasteiger partial charge in [-0.1, -0.05) is 104 Å². The van der Waals surface area contributed by atoms with Crippen molar-refractivity contribution in [3.8, 4) is 0 Å². The number of carbonyl (C=O) groups excluding carboxylic acids is 1. The van der Waals surface area contributed by atoms with Crippen LogP contribution in [0, 0.1) is 12.8 Å². The van der Waals surface area contributed by atoms with Crippen LogP contribution in [-0.4, -0.2) is 10.9 Å². The van der Waals surface area contributed by atoms with E-state index in [4.69, 9.17) is 5.11 Å². The minimum Gasteiger partial charge on any atom is -0.392 e. The molecule has 150 valence electrons. The molecule has 1 rings (SSSR count). The number of hydrogen-bond acceptors (Lipinski definition) is 2. The summed E-state index contributed by atoms with van der Waals surface area (Å²) in [4.78, 5) is 9.44. The summed E-state index contributed by atoms with van der Waals surface area (Å²) in [5, 5.41) is 8.66. The molecule has 0 unspecified atom stereocenters. The van der Waals surface area contributed by atoms with Gasteiger partial charge in [0.25, 0.3) is 0 Å². The number of rotatable bonds is 5. The van der Waals surface area contributed by atoms with E-state index in [0.29, 0.717) is 0 Å². The predicted molar refractivity (Wildman–Crippen MR) is 115 cm³/mol. The van der Waals surface area contributed by atoms with Crippen molar-refractivity contribution >= 4 is 5.78 Å². The molecule has 1 aromatic carbocycles. The van der Waals surface area contributed by atoms with Gasteiger partial charge in [-0.25, -0.2) is 0 Å². The van der Waals surface area contributed by atoms with E-state index in [1.54, 1.807) is 0 Å². The van der Waals surface area contributed by atoms with Crippen LogP contribution in [0.5, 0.6) is 0 Å². The molecule has 0 saturated heterocycles. The van der Waals surface area contributed by atoms with Gasteiger partial charge in [0.05, 0.1) is 6.61 Å². The van der Waals surface area contributed by atoms with Crippen molar-refractivity contribution in [1.82, 2.24) is 0 Å². The summed E-state index contributed by atoms with van der Waals surface area (Å²) in [7, 11) is 0. The van der Waals surface area contributed by atoms with E-state index in [0.717, 1.165) is 11.5 Å². The molecule has 2 heteroatoms. The predicted octanol–water partition coefficient (Wildman–Crippen LogP) is 7.36. The van der Waals surface area contributed by atoms with Crippen LogP contribution >= 0.6 is 0 Å². The lowest BCUT2D eigenvalue weighted by Crippen LogP contribution is -1.85. The molecule has 0 aliphatic heterocycles. The molecule has 0 aromatic heterocycles. The minimum absolute atomic E-state index is 0.141. The smallest absolute Gasteiger partial charge is 0.126 e. The third kappa shape index (κ3) is 39.5. The molecule has 1 N–H and O–H groups in total. The number of benzene rings is 1. The number of Topliss-reactive ketones (excluding diaryl/α,β-unsaturated/α-hetero) is 1. The lowest BCUT2D eigenvalue weighted by atomic mass is 10.1. The number of aliphatic hydroxyl groups is 1. The molecule has 0 bridgehead atoms. The Bertz CT molecular complexity index is 353. The average molecular weight is 355 g/mol. The molecule has 0 atom stereocenters. The first-order valence-corrected chi connectivity index (χ1v) is 9.97. The maximum atomic E-state index is 9.44. The normalized spacial score (nSPS) is 8.32. The first kappa shape index (κ1) is 31.6. The van der Waals surface area contributed by atoms with E-state index < -0.39 is 0 Å². The van der Waals surface area contributed by atoms with Crippen molar-refractivity contribution in [2.45, 2.75) is 102 Å². The molecular weight excluding hydrogens is 308 g/mol. The van der Waals surface area contributed by atoms with Gasteiger partial charge in [0.2, 0.25) is 0 Å². The fraction of sp³-hybridized carbons (Fsp3) is 0.696. The molecule has 0 saturated carbocycles. The monoisotopic (exact) mass is 354 g/mol. The summed E-state index contributed by atoms with van der Waals surface area (Å²) in [6, 6.07) is 7.84. The van der Waals surface area contributed by atoms with Crippen LogP contribution in [0.1, 0.15) is 99.1 Å². The highest BCUT2D eigenvalue weighted by atomic mass is 16.3. The van der Waals surface area contributed by atoms with Crippen LogP contribution < -0.4 is 0 Å². The molecule has 0 heterocycles. The average Bonchev–Trinajstić information content (AvgIpc) is 2.58. The van der Waals surface area contributed by atoms with Crippen LogP contribution in [0.3, 0.4) is 0 Å². The molecule has 25 heavy (non-hydrogen) atoms. The van der Waals surface area contributed by atoms with E-state index in [1.165, 1.54) is 45.1 Å². The zero-order valence-electron chi connectivity index (χ0n) is 18.8. The van der Waals surface area contributed by atoms with Gasteiger partial charge in [0.1, 0.15) is 5.78 Å². The molecule has 0 spiro atoms. The van der Waals surface area contributed by atoms with E-state index in [9.17, 15) is 4.79 Å². The van der Waals surface area contributed by atoms with Crippen molar-refractivity contribution in [3.05, 3.63) is 35.4 Å². The van der Waals surface area contributed by atoms with Crippen LogP contribution in [-0.2, 0) is 11.4 Å². The Hall–Kier alpha value is -1.15. The number of ketones is 1. The Balaban J connectivity index is -0.000000126. The zero-order valence-corrected chi connectivity index (χ0v) is 18.8. The van der Waals surface area contributed by atoms with E-state index >= 15 is 0 Å². The minimum atomic E-state index is 0.141. The number of unbranched alkanes of at least 4 members (excludes halogenated alkanes) is 2. The fourth-order valence-electron chi connectivity index (χ4n) is 1.61. The lowest BCUT2D eigenvalue weighted by molar-refractivity contribution is -0.114. The van der Waals surface area contributed by atoms with Crippen LogP contribution in [0.4, 0.5) is 0 Å². The van der Waals surface area contributed by atoms with E-state index in [-0.39, 0.29) is 12.4 Å². The molecule has 2 nitrogen and oxygen atoms in total. The van der Waals surface area contributed by atoms with Crippen molar-refractivity contribution in [2.75, 3.05) is 0 Å². The van der Waals surface area contributed by atoms with E-state index in [1.807, 2.05) is 58.9 Å². The van der Waals surface area contributed by atoms with Crippen molar-refractivity contribution in [2.24, 2.45) is 5.92 Å². The van der Waals surface area contributed by atoms with Crippen molar-refractivity contribution in [3.63, 3.8) is 0 Å². The summed E-state index contributed by atoms with van der Waals surface area (Å²) < 4.78 is 0. The van der Waals surface area contributed by atoms with Crippen molar-refractivity contribution in [1.29, 1.82) is 0 Å². The van der Waals surface area contributed by atoms with Gasteiger partial charge < -0.3 is 9.90 Å². The van der Waals surface area contributed by atoms with E-state index in [2.05, 4.69) is 20.8 Å². The van der Waals surface area contributed by atoms with Crippen LogP contribution in [0.15, 0.2) is 24.3 Å². The second kappa shape index (κ2) is 27.7. The first-order valence-electron chi connectivity index (χ1n) is 9.97. The Morgan fingerprint density at radius 1 is 1.04 bits per heavy atom. The van der Waals surface area contributed by atoms with Crippen molar-refractivity contribution < 1.29 is 9.90 Å². The Morgan fingerprint density at radius 2 is 1.52 bits per heavy atom. The molecule has 0 radical (unpaired) electrons. The topological polar surface area (TPSA) is 37.3 Å². The molecule has 0 aliphatic rings. The van der Waals surface area contributed by atoms with Crippen LogP contribution in [0.2, 0.25) is 0 Å². The molecule has 0 fully saturated rings. The van der Waals surface area contributed by atoms with Gasteiger partial charge >= 0.3 is 0 Å². The SMILES string of the molecule is CC.CC.CC(C)=O.CCCCCC(C)C.Cc1cccc(CO)c1. The summed E-state index contributed by atoms with van der Waals surface area (Å²) in [6.45, 7) is 20.0. The number of aliphatic hydroxyl groups excluding tert-OH is 1. The number of carbonyl (C=O) groups is 1. The number of aryl methyl sites for hydroxylation is 1. The third-order valence-corrected chi connectivity index (χ3v) is 2.65. The van der Waals surface area contributed by atoms with Gasteiger partial charge in [-0.05, 0) is 32.3 Å². The van der Waals surface area contributed by atoms with Crippen LogP contribution in [0.25, 0.3) is 0 Å². The Morgan fingerprint density at radius 3 is 1.80 bits per heavy atom. The summed E-state index contributed by atoms with van der Waals surface area (Å²) in [5.74, 6) is 1.07. The largest absolute Gasteiger partial charge is 0.392 e. The fourth-order valence-corrected chi connectivity index (χ4v) is 1.61. The second-order valence-electron chi connectivity index (χ2n) is 5.95. The third-order valence-electron chi connectivity index (χ3n) is 2.65. The summed E-state index contributed by atoms with van der Waals surface area (Å²) >= 11 is 0. The highest BCUT2D eigenvalue weighted by Crippen LogP contribution is 2.06. The second-order valence-corrected chi connectivity index (χ2v) is 5.95. The van der Waals surface area contributed by atoms with Gasteiger partial charge in [0, 0.05) is 0 Å². The Kier molecular flexibility index (Phi) is 35.0. The number of hydrogen-bond donors (Lipinski definition) is 1. The molecule has 1 aromatic rings. The Labute approximate surface area is 159 Å². The van der Waals surface area contributed by atoms with Gasteiger partial charge in [-0.2, -0.15) is 0 Å². The maximum absolute atomic E-state index is 9.44. The molecule has 0 aliphatic carbocycles. The highest BCUT2D eigenvalue weighted by molar-refractivity contribution is 5.72. The summed E-state index contributed by atoms with van der Waals surface area (Å²) in [6.07, 6.45) is 5.60.